The summed E-state index contributed by atoms with van der Waals surface area (Å²) >= 11 is 0. The quantitative estimate of drug-likeness (QED) is 0.815. The van der Waals surface area contributed by atoms with E-state index < -0.39 is 5.97 Å². The highest BCUT2D eigenvalue weighted by atomic mass is 16.4. The average Bonchev–Trinajstić information content (AvgIpc) is 2.46. The number of carbonyl (C=O) groups is 1. The molecule has 0 bridgehead atoms. The lowest BCUT2D eigenvalue weighted by molar-refractivity contribution is 0.0698. The first-order chi connectivity index (χ1) is 10.1. The Balaban J connectivity index is 1.82. The van der Waals surface area contributed by atoms with Gasteiger partial charge in [-0.2, -0.15) is 0 Å². The molecule has 0 aliphatic carbocycles. The summed E-state index contributed by atoms with van der Waals surface area (Å²) in [5.74, 6) is -0.968. The standard InChI is InChI=1S/C16H23N3O2/c1-11-9-18-7-3-2-4-13(18)10-19(11)12-5-6-14(16(20)21)15(17)8-12/h5-6,8,11,13H,2-4,7,9-10,17H2,1H3,(H,20,21). The van der Waals surface area contributed by atoms with Gasteiger partial charge in [0.1, 0.15) is 0 Å². The van der Waals surface area contributed by atoms with Crippen LogP contribution in [0.15, 0.2) is 18.2 Å². The van der Waals surface area contributed by atoms with Crippen molar-refractivity contribution in [1.82, 2.24) is 4.90 Å². The molecule has 0 aromatic heterocycles. The Labute approximate surface area is 125 Å². The van der Waals surface area contributed by atoms with E-state index in [1.165, 1.54) is 25.8 Å². The first-order valence-corrected chi connectivity index (χ1v) is 7.70. The number of fused-ring (bicyclic) bond motifs is 1. The molecule has 0 radical (unpaired) electrons. The molecule has 114 valence electrons. The predicted octanol–water partition coefficient (Wildman–Crippen LogP) is 2.03. The Hall–Kier alpha value is -1.75. The maximum atomic E-state index is 11.1. The minimum atomic E-state index is -0.968. The van der Waals surface area contributed by atoms with Gasteiger partial charge < -0.3 is 15.7 Å². The van der Waals surface area contributed by atoms with Gasteiger partial charge in [-0.15, -0.1) is 0 Å². The molecular formula is C16H23N3O2. The molecule has 5 nitrogen and oxygen atoms in total. The largest absolute Gasteiger partial charge is 0.478 e. The second-order valence-corrected chi connectivity index (χ2v) is 6.22. The van der Waals surface area contributed by atoms with Crippen molar-refractivity contribution < 1.29 is 9.90 Å². The molecule has 2 saturated heterocycles. The van der Waals surface area contributed by atoms with Crippen LogP contribution in [0.5, 0.6) is 0 Å². The van der Waals surface area contributed by atoms with Gasteiger partial charge >= 0.3 is 5.97 Å². The highest BCUT2D eigenvalue weighted by molar-refractivity contribution is 5.94. The lowest BCUT2D eigenvalue weighted by atomic mass is 9.96. The summed E-state index contributed by atoms with van der Waals surface area (Å²) in [4.78, 5) is 16.0. The monoisotopic (exact) mass is 289 g/mol. The number of piperazine rings is 1. The van der Waals surface area contributed by atoms with Crippen molar-refractivity contribution in [3.8, 4) is 0 Å². The topological polar surface area (TPSA) is 69.8 Å². The number of nitrogens with zero attached hydrogens (tertiary/aromatic N) is 2. The summed E-state index contributed by atoms with van der Waals surface area (Å²) < 4.78 is 0. The number of aromatic carboxylic acids is 1. The number of carboxylic acid groups (broad SMARTS) is 1. The average molecular weight is 289 g/mol. The van der Waals surface area contributed by atoms with E-state index in [4.69, 9.17) is 10.8 Å². The van der Waals surface area contributed by atoms with Crippen molar-refractivity contribution in [2.75, 3.05) is 30.3 Å². The molecule has 1 aromatic rings. The van der Waals surface area contributed by atoms with Gasteiger partial charge in [-0.05, 0) is 44.5 Å². The molecule has 1 aromatic carbocycles. The maximum absolute atomic E-state index is 11.1. The number of nitrogen functional groups attached to an aromatic ring is 1. The molecule has 0 spiro atoms. The zero-order valence-electron chi connectivity index (χ0n) is 12.5. The third-order valence-corrected chi connectivity index (χ3v) is 4.78. The van der Waals surface area contributed by atoms with Crippen LogP contribution < -0.4 is 10.6 Å². The van der Waals surface area contributed by atoms with Crippen LogP contribution in [-0.4, -0.2) is 47.7 Å². The van der Waals surface area contributed by atoms with Gasteiger partial charge in [0, 0.05) is 36.5 Å². The van der Waals surface area contributed by atoms with Gasteiger partial charge in [-0.25, -0.2) is 4.79 Å². The number of rotatable bonds is 2. The summed E-state index contributed by atoms with van der Waals surface area (Å²) in [6, 6.07) is 6.35. The number of hydrogen-bond acceptors (Lipinski definition) is 4. The second kappa shape index (κ2) is 5.56. The fourth-order valence-corrected chi connectivity index (χ4v) is 3.64. The molecule has 21 heavy (non-hydrogen) atoms. The molecule has 3 N–H and O–H groups in total. The van der Waals surface area contributed by atoms with Gasteiger partial charge in [0.2, 0.25) is 0 Å². The predicted molar refractivity (Wildman–Crippen MR) is 83.8 cm³/mol. The van der Waals surface area contributed by atoms with Crippen molar-refractivity contribution in [3.05, 3.63) is 23.8 Å². The van der Waals surface area contributed by atoms with Crippen molar-refractivity contribution in [1.29, 1.82) is 0 Å². The lowest BCUT2D eigenvalue weighted by Gasteiger charge is -2.48. The summed E-state index contributed by atoms with van der Waals surface area (Å²) in [5.41, 5.74) is 7.45. The van der Waals surface area contributed by atoms with E-state index in [2.05, 4.69) is 16.7 Å². The zero-order chi connectivity index (χ0) is 15.0. The Morgan fingerprint density at radius 1 is 1.33 bits per heavy atom. The summed E-state index contributed by atoms with van der Waals surface area (Å²) in [7, 11) is 0. The summed E-state index contributed by atoms with van der Waals surface area (Å²) in [6.07, 6.45) is 3.87. The molecule has 2 heterocycles. The second-order valence-electron chi connectivity index (χ2n) is 6.22. The fourth-order valence-electron chi connectivity index (χ4n) is 3.64. The van der Waals surface area contributed by atoms with E-state index in [1.54, 1.807) is 12.1 Å². The number of anilines is 2. The molecule has 0 amide bonds. The highest BCUT2D eigenvalue weighted by Gasteiger charge is 2.33. The normalized spacial score (nSPS) is 26.4. The molecule has 5 heteroatoms. The Bertz CT molecular complexity index is 546. The lowest BCUT2D eigenvalue weighted by Crippen LogP contribution is -2.58. The van der Waals surface area contributed by atoms with Crippen LogP contribution in [0, 0.1) is 0 Å². The third kappa shape index (κ3) is 2.70. The first kappa shape index (κ1) is 14.2. The van der Waals surface area contributed by atoms with Crippen molar-refractivity contribution in [3.63, 3.8) is 0 Å². The molecule has 2 atom stereocenters. The van der Waals surface area contributed by atoms with Crippen molar-refractivity contribution in [2.45, 2.75) is 38.3 Å². The van der Waals surface area contributed by atoms with Gasteiger partial charge in [0.05, 0.1) is 5.56 Å². The Morgan fingerprint density at radius 2 is 2.14 bits per heavy atom. The SMILES string of the molecule is CC1CN2CCCCC2CN1c1ccc(C(=O)O)c(N)c1. The van der Waals surface area contributed by atoms with Crippen LogP contribution in [0.25, 0.3) is 0 Å². The summed E-state index contributed by atoms with van der Waals surface area (Å²) in [6.45, 7) is 5.52. The molecule has 3 rings (SSSR count). The van der Waals surface area contributed by atoms with E-state index in [-0.39, 0.29) is 5.56 Å². The minimum absolute atomic E-state index is 0.183. The van der Waals surface area contributed by atoms with E-state index in [1.807, 2.05) is 6.07 Å². The highest BCUT2D eigenvalue weighted by Crippen LogP contribution is 2.30. The van der Waals surface area contributed by atoms with Crippen LogP contribution in [-0.2, 0) is 0 Å². The smallest absolute Gasteiger partial charge is 0.337 e. The van der Waals surface area contributed by atoms with E-state index in [9.17, 15) is 4.79 Å². The first-order valence-electron chi connectivity index (χ1n) is 7.70. The fraction of sp³-hybridized carbons (Fsp3) is 0.562. The molecule has 2 fully saturated rings. The third-order valence-electron chi connectivity index (χ3n) is 4.78. The van der Waals surface area contributed by atoms with Crippen LogP contribution in [0.3, 0.4) is 0 Å². The van der Waals surface area contributed by atoms with E-state index in [0.29, 0.717) is 17.8 Å². The van der Waals surface area contributed by atoms with E-state index in [0.717, 1.165) is 18.8 Å². The van der Waals surface area contributed by atoms with Gasteiger partial charge in [0.15, 0.2) is 0 Å². The summed E-state index contributed by atoms with van der Waals surface area (Å²) in [5, 5.41) is 9.07. The van der Waals surface area contributed by atoms with Crippen LogP contribution >= 0.6 is 0 Å². The maximum Gasteiger partial charge on any atom is 0.337 e. The van der Waals surface area contributed by atoms with Crippen molar-refractivity contribution in [2.24, 2.45) is 0 Å². The van der Waals surface area contributed by atoms with Crippen LogP contribution in [0.2, 0.25) is 0 Å². The molecular weight excluding hydrogens is 266 g/mol. The number of benzene rings is 1. The number of piperidine rings is 1. The number of carboxylic acids is 1. The minimum Gasteiger partial charge on any atom is -0.478 e. The molecule has 2 aliphatic rings. The Morgan fingerprint density at radius 3 is 2.86 bits per heavy atom. The number of hydrogen-bond donors (Lipinski definition) is 2. The van der Waals surface area contributed by atoms with Crippen molar-refractivity contribution >= 4 is 17.3 Å². The molecule has 2 aliphatic heterocycles. The van der Waals surface area contributed by atoms with Gasteiger partial charge in [-0.1, -0.05) is 6.42 Å². The molecule has 0 saturated carbocycles. The van der Waals surface area contributed by atoms with E-state index >= 15 is 0 Å². The van der Waals surface area contributed by atoms with Gasteiger partial charge in [-0.3, -0.25) is 4.90 Å². The number of nitrogens with two attached hydrogens (primary N) is 1. The Kier molecular flexibility index (Phi) is 3.76. The zero-order valence-corrected chi connectivity index (χ0v) is 12.5. The molecule has 2 unspecified atom stereocenters. The van der Waals surface area contributed by atoms with Gasteiger partial charge in [0.25, 0.3) is 0 Å². The van der Waals surface area contributed by atoms with Crippen LogP contribution in [0.4, 0.5) is 11.4 Å². The van der Waals surface area contributed by atoms with Crippen LogP contribution in [0.1, 0.15) is 36.5 Å².